The highest BCUT2D eigenvalue weighted by Gasteiger charge is 2.32. The van der Waals surface area contributed by atoms with Crippen LogP contribution in [0.5, 0.6) is 5.75 Å². The van der Waals surface area contributed by atoms with Crippen LogP contribution in [-0.2, 0) is 11.2 Å². The van der Waals surface area contributed by atoms with Crippen LogP contribution < -0.4 is 4.74 Å². The molecule has 18 heavy (non-hydrogen) atoms. The number of carboxylic acids is 1. The number of aromatic carboxylic acids is 1. The number of carbonyl (C=O) groups excluding carboxylic acids is 1. The standard InChI is InChI=1S/C13H13BrO4/c1-6(2)11-10(15)5-7-3-8(13(16)17)4-9(14)12(7)18-11/h3-4,6,11H,5H2,1-2H3,(H,16,17). The second-order valence-electron chi connectivity index (χ2n) is 4.68. The predicted molar refractivity (Wildman–Crippen MR) is 69.1 cm³/mol. The van der Waals surface area contributed by atoms with Gasteiger partial charge < -0.3 is 9.84 Å². The first-order valence-electron chi connectivity index (χ1n) is 5.65. The quantitative estimate of drug-likeness (QED) is 0.912. The summed E-state index contributed by atoms with van der Waals surface area (Å²) in [6, 6.07) is 2.99. The zero-order valence-electron chi connectivity index (χ0n) is 10.1. The normalized spacial score (nSPS) is 18.4. The molecule has 0 bridgehead atoms. The Bertz CT molecular complexity index is 522. The van der Waals surface area contributed by atoms with Crippen molar-refractivity contribution in [1.29, 1.82) is 0 Å². The second kappa shape index (κ2) is 4.72. The van der Waals surface area contributed by atoms with Crippen LogP contribution in [0.25, 0.3) is 0 Å². The van der Waals surface area contributed by atoms with Gasteiger partial charge in [0, 0.05) is 12.0 Å². The molecule has 1 aliphatic heterocycles. The Morgan fingerprint density at radius 1 is 1.50 bits per heavy atom. The van der Waals surface area contributed by atoms with E-state index in [1.807, 2.05) is 13.8 Å². The van der Waals surface area contributed by atoms with Crippen molar-refractivity contribution in [2.24, 2.45) is 5.92 Å². The summed E-state index contributed by atoms with van der Waals surface area (Å²) in [7, 11) is 0. The van der Waals surface area contributed by atoms with Gasteiger partial charge in [-0.1, -0.05) is 13.8 Å². The van der Waals surface area contributed by atoms with E-state index in [4.69, 9.17) is 9.84 Å². The van der Waals surface area contributed by atoms with Gasteiger partial charge in [0.05, 0.1) is 10.0 Å². The summed E-state index contributed by atoms with van der Waals surface area (Å²) < 4.78 is 6.26. The molecular weight excluding hydrogens is 300 g/mol. The van der Waals surface area contributed by atoms with E-state index in [1.165, 1.54) is 12.1 Å². The first-order chi connectivity index (χ1) is 8.40. The van der Waals surface area contributed by atoms with E-state index in [0.717, 1.165) is 0 Å². The van der Waals surface area contributed by atoms with Gasteiger partial charge in [-0.15, -0.1) is 0 Å². The molecule has 1 N–H and O–H groups in total. The lowest BCUT2D eigenvalue weighted by Gasteiger charge is -2.28. The topological polar surface area (TPSA) is 63.6 Å². The van der Waals surface area contributed by atoms with E-state index in [2.05, 4.69) is 15.9 Å². The van der Waals surface area contributed by atoms with Gasteiger partial charge in [0.15, 0.2) is 11.9 Å². The third-order valence-electron chi connectivity index (χ3n) is 2.90. The fraction of sp³-hybridized carbons (Fsp3) is 0.385. The molecule has 0 radical (unpaired) electrons. The van der Waals surface area contributed by atoms with Gasteiger partial charge in [0.1, 0.15) is 5.75 Å². The molecule has 0 saturated heterocycles. The number of fused-ring (bicyclic) bond motifs is 1. The van der Waals surface area contributed by atoms with Gasteiger partial charge in [0.2, 0.25) is 0 Å². The Kier molecular flexibility index (Phi) is 3.43. The molecule has 5 heteroatoms. The van der Waals surface area contributed by atoms with Gasteiger partial charge >= 0.3 is 5.97 Å². The molecule has 4 nitrogen and oxygen atoms in total. The highest BCUT2D eigenvalue weighted by molar-refractivity contribution is 9.10. The van der Waals surface area contributed by atoms with Crippen molar-refractivity contribution in [2.45, 2.75) is 26.4 Å². The number of Topliss-reactive ketones (excluding diaryl/α,β-unsaturated/α-hetero) is 1. The van der Waals surface area contributed by atoms with E-state index in [1.54, 1.807) is 0 Å². The van der Waals surface area contributed by atoms with Crippen LogP contribution in [0, 0.1) is 5.92 Å². The zero-order chi connectivity index (χ0) is 13.4. The highest BCUT2D eigenvalue weighted by Crippen LogP contribution is 2.36. The van der Waals surface area contributed by atoms with E-state index >= 15 is 0 Å². The van der Waals surface area contributed by atoms with Crippen molar-refractivity contribution in [3.8, 4) is 5.75 Å². The minimum Gasteiger partial charge on any atom is -0.481 e. The third kappa shape index (κ3) is 2.27. The van der Waals surface area contributed by atoms with Crippen molar-refractivity contribution >= 4 is 27.7 Å². The molecule has 0 fully saturated rings. The molecule has 0 saturated carbocycles. The summed E-state index contributed by atoms with van der Waals surface area (Å²) in [5, 5.41) is 8.97. The maximum Gasteiger partial charge on any atom is 0.335 e. The predicted octanol–water partition coefficient (Wildman–Crippen LogP) is 2.68. The minimum absolute atomic E-state index is 0.00746. The van der Waals surface area contributed by atoms with E-state index in [-0.39, 0.29) is 23.7 Å². The fourth-order valence-electron chi connectivity index (χ4n) is 2.03. The first-order valence-corrected chi connectivity index (χ1v) is 6.44. The van der Waals surface area contributed by atoms with Gasteiger partial charge in [-0.3, -0.25) is 4.79 Å². The Balaban J connectivity index is 2.46. The molecule has 2 rings (SSSR count). The summed E-state index contributed by atoms with van der Waals surface area (Å²) in [5.74, 6) is -0.348. The van der Waals surface area contributed by atoms with Crippen molar-refractivity contribution in [2.75, 3.05) is 0 Å². The lowest BCUT2D eigenvalue weighted by molar-refractivity contribution is -0.128. The van der Waals surface area contributed by atoms with Gasteiger partial charge in [-0.25, -0.2) is 4.79 Å². The van der Waals surface area contributed by atoms with Crippen LogP contribution in [0.15, 0.2) is 16.6 Å². The Hall–Kier alpha value is -1.36. The molecule has 0 aliphatic carbocycles. The van der Waals surface area contributed by atoms with Gasteiger partial charge in [-0.05, 0) is 34.0 Å². The maximum absolute atomic E-state index is 11.9. The summed E-state index contributed by atoms with van der Waals surface area (Å²) in [6.45, 7) is 3.85. The van der Waals surface area contributed by atoms with E-state index < -0.39 is 12.1 Å². The first kappa shape index (κ1) is 13.1. The lowest BCUT2D eigenvalue weighted by Crippen LogP contribution is -2.37. The van der Waals surface area contributed by atoms with Crippen LogP contribution >= 0.6 is 15.9 Å². The summed E-state index contributed by atoms with van der Waals surface area (Å²) in [4.78, 5) is 22.8. The van der Waals surface area contributed by atoms with Crippen LogP contribution in [0.4, 0.5) is 0 Å². The molecule has 96 valence electrons. The Morgan fingerprint density at radius 2 is 2.17 bits per heavy atom. The summed E-state index contributed by atoms with van der Waals surface area (Å²) in [6.07, 6.45) is -0.234. The van der Waals surface area contributed by atoms with Gasteiger partial charge in [0.25, 0.3) is 0 Å². The number of halogens is 1. The molecule has 1 aromatic carbocycles. The number of rotatable bonds is 2. The van der Waals surface area contributed by atoms with Crippen molar-refractivity contribution in [3.05, 3.63) is 27.7 Å². The Morgan fingerprint density at radius 3 is 2.72 bits per heavy atom. The monoisotopic (exact) mass is 312 g/mol. The number of ketones is 1. The number of carboxylic acid groups (broad SMARTS) is 1. The number of ether oxygens (including phenoxy) is 1. The maximum atomic E-state index is 11.9. The SMILES string of the molecule is CC(C)C1Oc2c(Br)cc(C(=O)O)cc2CC1=O. The van der Waals surface area contributed by atoms with Gasteiger partial charge in [-0.2, -0.15) is 0 Å². The number of hydrogen-bond acceptors (Lipinski definition) is 3. The molecular formula is C13H13BrO4. The minimum atomic E-state index is -1.02. The average molecular weight is 313 g/mol. The van der Waals surface area contributed by atoms with E-state index in [0.29, 0.717) is 15.8 Å². The summed E-state index contributed by atoms with van der Waals surface area (Å²) in [5.41, 5.74) is 0.781. The number of benzene rings is 1. The Labute approximate surface area is 113 Å². The fourth-order valence-corrected chi connectivity index (χ4v) is 2.62. The molecule has 1 atom stereocenters. The molecule has 1 aliphatic rings. The second-order valence-corrected chi connectivity index (χ2v) is 5.53. The molecule has 1 unspecified atom stereocenters. The zero-order valence-corrected chi connectivity index (χ0v) is 11.7. The molecule has 1 heterocycles. The average Bonchev–Trinajstić information content (AvgIpc) is 2.27. The smallest absolute Gasteiger partial charge is 0.335 e. The van der Waals surface area contributed by atoms with Crippen LogP contribution in [0.1, 0.15) is 29.8 Å². The molecule has 0 amide bonds. The molecule has 1 aromatic rings. The van der Waals surface area contributed by atoms with Crippen LogP contribution in [-0.4, -0.2) is 23.0 Å². The molecule has 0 aromatic heterocycles. The molecule has 0 spiro atoms. The van der Waals surface area contributed by atoms with Crippen molar-refractivity contribution in [3.63, 3.8) is 0 Å². The van der Waals surface area contributed by atoms with Crippen molar-refractivity contribution < 1.29 is 19.4 Å². The number of hydrogen-bond donors (Lipinski definition) is 1. The highest BCUT2D eigenvalue weighted by atomic mass is 79.9. The van der Waals surface area contributed by atoms with Crippen LogP contribution in [0.2, 0.25) is 0 Å². The van der Waals surface area contributed by atoms with Crippen LogP contribution in [0.3, 0.4) is 0 Å². The van der Waals surface area contributed by atoms with E-state index in [9.17, 15) is 9.59 Å². The summed E-state index contributed by atoms with van der Waals surface area (Å²) >= 11 is 3.30. The largest absolute Gasteiger partial charge is 0.481 e. The van der Waals surface area contributed by atoms with Crippen molar-refractivity contribution in [1.82, 2.24) is 0 Å². The number of carbonyl (C=O) groups is 2. The lowest BCUT2D eigenvalue weighted by atomic mass is 9.93. The third-order valence-corrected chi connectivity index (χ3v) is 3.49.